The van der Waals surface area contributed by atoms with Gasteiger partial charge in [-0.15, -0.1) is 11.8 Å². The largest absolute Gasteiger partial charge is 0.496 e. The molecule has 3 nitrogen and oxygen atoms in total. The van der Waals surface area contributed by atoms with Crippen molar-refractivity contribution < 1.29 is 9.53 Å². The van der Waals surface area contributed by atoms with Crippen molar-refractivity contribution in [3.63, 3.8) is 0 Å². The third-order valence-electron chi connectivity index (χ3n) is 2.78. The molecule has 0 saturated carbocycles. The molecule has 2 rings (SSSR count). The van der Waals surface area contributed by atoms with Crippen LogP contribution in [0.2, 0.25) is 0 Å². The summed E-state index contributed by atoms with van der Waals surface area (Å²) in [5.41, 5.74) is 1.24. The SMILES string of the molecule is COc1cc(SC)ccc1C(=O)Nc1ccccc1Br. The van der Waals surface area contributed by atoms with Gasteiger partial charge < -0.3 is 10.1 Å². The molecule has 0 aliphatic heterocycles. The van der Waals surface area contributed by atoms with Gasteiger partial charge in [0.15, 0.2) is 0 Å². The molecular weight excluding hydrogens is 338 g/mol. The van der Waals surface area contributed by atoms with Gasteiger partial charge in [0, 0.05) is 9.37 Å². The summed E-state index contributed by atoms with van der Waals surface area (Å²) in [7, 11) is 1.56. The predicted molar refractivity (Wildman–Crippen MR) is 86.9 cm³/mol. The van der Waals surface area contributed by atoms with E-state index in [-0.39, 0.29) is 5.91 Å². The Kier molecular flexibility index (Phi) is 5.09. The number of benzene rings is 2. The maximum absolute atomic E-state index is 12.3. The van der Waals surface area contributed by atoms with Gasteiger partial charge in [-0.2, -0.15) is 0 Å². The van der Waals surface area contributed by atoms with Crippen LogP contribution in [0.3, 0.4) is 0 Å². The number of anilines is 1. The first-order valence-electron chi connectivity index (χ1n) is 5.93. The predicted octanol–water partition coefficient (Wildman–Crippen LogP) is 4.43. The highest BCUT2D eigenvalue weighted by Crippen LogP contribution is 2.27. The van der Waals surface area contributed by atoms with Crippen molar-refractivity contribution in [1.82, 2.24) is 0 Å². The number of amides is 1. The molecule has 0 radical (unpaired) electrons. The zero-order chi connectivity index (χ0) is 14.5. The second-order valence-corrected chi connectivity index (χ2v) is 5.73. The molecule has 1 N–H and O–H groups in total. The topological polar surface area (TPSA) is 38.3 Å². The van der Waals surface area contributed by atoms with E-state index < -0.39 is 0 Å². The van der Waals surface area contributed by atoms with E-state index in [1.165, 1.54) is 0 Å². The van der Waals surface area contributed by atoms with Crippen LogP contribution in [0.1, 0.15) is 10.4 Å². The number of nitrogens with one attached hydrogen (secondary N) is 1. The van der Waals surface area contributed by atoms with Crippen LogP contribution in [-0.4, -0.2) is 19.3 Å². The maximum Gasteiger partial charge on any atom is 0.259 e. The second kappa shape index (κ2) is 6.81. The normalized spacial score (nSPS) is 10.2. The van der Waals surface area contributed by atoms with Crippen molar-refractivity contribution in [3.8, 4) is 5.75 Å². The molecule has 0 heterocycles. The van der Waals surface area contributed by atoms with Crippen molar-refractivity contribution in [2.75, 3.05) is 18.7 Å². The van der Waals surface area contributed by atoms with Crippen LogP contribution in [0.4, 0.5) is 5.69 Å². The van der Waals surface area contributed by atoms with Gasteiger partial charge in [0.25, 0.3) is 5.91 Å². The highest BCUT2D eigenvalue weighted by atomic mass is 79.9. The van der Waals surface area contributed by atoms with E-state index in [0.29, 0.717) is 11.3 Å². The summed E-state index contributed by atoms with van der Waals surface area (Å²) < 4.78 is 6.13. The molecule has 0 unspecified atom stereocenters. The van der Waals surface area contributed by atoms with Gasteiger partial charge in [-0.05, 0) is 52.5 Å². The van der Waals surface area contributed by atoms with Crippen LogP contribution in [0.25, 0.3) is 0 Å². The second-order valence-electron chi connectivity index (χ2n) is 4.00. The number of methoxy groups -OCH3 is 1. The number of hydrogen-bond donors (Lipinski definition) is 1. The summed E-state index contributed by atoms with van der Waals surface area (Å²) in [5, 5.41) is 2.87. The number of para-hydroxylation sites is 1. The van der Waals surface area contributed by atoms with Crippen molar-refractivity contribution in [3.05, 3.63) is 52.5 Å². The molecule has 1 amide bonds. The molecule has 2 aromatic rings. The maximum atomic E-state index is 12.3. The van der Waals surface area contributed by atoms with Crippen LogP contribution in [0.5, 0.6) is 5.75 Å². The zero-order valence-corrected chi connectivity index (χ0v) is 13.5. The first-order chi connectivity index (χ1) is 9.65. The standard InChI is InChI=1S/C15H14BrNO2S/c1-19-14-9-10(20-2)7-8-11(14)15(18)17-13-6-4-3-5-12(13)16/h3-9H,1-2H3,(H,17,18). The first kappa shape index (κ1) is 14.9. The molecule has 0 spiro atoms. The molecule has 20 heavy (non-hydrogen) atoms. The number of halogens is 1. The lowest BCUT2D eigenvalue weighted by Gasteiger charge is -2.11. The lowest BCUT2D eigenvalue weighted by molar-refractivity contribution is 0.102. The lowest BCUT2D eigenvalue weighted by atomic mass is 10.2. The lowest BCUT2D eigenvalue weighted by Crippen LogP contribution is -2.13. The fourth-order valence-corrected chi connectivity index (χ4v) is 2.55. The third kappa shape index (κ3) is 3.35. The number of ether oxygens (including phenoxy) is 1. The van der Waals surface area contributed by atoms with Gasteiger partial charge >= 0.3 is 0 Å². The monoisotopic (exact) mass is 351 g/mol. The Balaban J connectivity index is 2.27. The van der Waals surface area contributed by atoms with Crippen molar-refractivity contribution >= 4 is 39.3 Å². The van der Waals surface area contributed by atoms with Crippen LogP contribution < -0.4 is 10.1 Å². The molecule has 5 heteroatoms. The number of carbonyl (C=O) groups is 1. The van der Waals surface area contributed by atoms with Crippen molar-refractivity contribution in [2.45, 2.75) is 4.90 Å². The molecule has 0 aliphatic rings. The minimum Gasteiger partial charge on any atom is -0.496 e. The number of rotatable bonds is 4. The summed E-state index contributed by atoms with van der Waals surface area (Å²) in [4.78, 5) is 13.4. The van der Waals surface area contributed by atoms with Gasteiger partial charge in [0.1, 0.15) is 5.75 Å². The fourth-order valence-electron chi connectivity index (χ4n) is 1.74. The van der Waals surface area contributed by atoms with Gasteiger partial charge in [-0.25, -0.2) is 0 Å². The molecule has 0 fully saturated rings. The van der Waals surface area contributed by atoms with E-state index in [1.807, 2.05) is 42.7 Å². The average Bonchev–Trinajstić information content (AvgIpc) is 2.48. The smallest absolute Gasteiger partial charge is 0.259 e. The Morgan fingerprint density at radius 2 is 2.00 bits per heavy atom. The van der Waals surface area contributed by atoms with Gasteiger partial charge in [-0.1, -0.05) is 12.1 Å². The molecule has 0 bridgehead atoms. The summed E-state index contributed by atoms with van der Waals surface area (Å²) >= 11 is 5.01. The Morgan fingerprint density at radius 1 is 1.25 bits per heavy atom. The average molecular weight is 352 g/mol. The third-order valence-corrected chi connectivity index (χ3v) is 4.19. The Labute approximate surface area is 130 Å². The molecular formula is C15H14BrNO2S. The summed E-state index contributed by atoms with van der Waals surface area (Å²) in [6.45, 7) is 0. The van der Waals surface area contributed by atoms with E-state index in [1.54, 1.807) is 24.9 Å². The summed E-state index contributed by atoms with van der Waals surface area (Å²) in [6.07, 6.45) is 1.98. The molecule has 0 aliphatic carbocycles. The van der Waals surface area contributed by atoms with E-state index in [9.17, 15) is 4.79 Å². The minimum atomic E-state index is -0.193. The van der Waals surface area contributed by atoms with E-state index in [2.05, 4.69) is 21.2 Å². The van der Waals surface area contributed by atoms with Crippen LogP contribution >= 0.6 is 27.7 Å². The van der Waals surface area contributed by atoms with Gasteiger partial charge in [-0.3, -0.25) is 4.79 Å². The van der Waals surface area contributed by atoms with Gasteiger partial charge in [0.2, 0.25) is 0 Å². The highest BCUT2D eigenvalue weighted by molar-refractivity contribution is 9.10. The van der Waals surface area contributed by atoms with Gasteiger partial charge in [0.05, 0.1) is 18.4 Å². The Hall–Kier alpha value is -1.46. The Morgan fingerprint density at radius 3 is 2.65 bits per heavy atom. The van der Waals surface area contributed by atoms with Crippen LogP contribution in [0.15, 0.2) is 51.8 Å². The Bertz CT molecular complexity index is 631. The van der Waals surface area contributed by atoms with E-state index >= 15 is 0 Å². The number of hydrogen-bond acceptors (Lipinski definition) is 3. The molecule has 0 atom stereocenters. The molecule has 104 valence electrons. The number of carbonyl (C=O) groups excluding carboxylic acids is 1. The first-order valence-corrected chi connectivity index (χ1v) is 7.95. The van der Waals surface area contributed by atoms with Crippen LogP contribution in [-0.2, 0) is 0 Å². The summed E-state index contributed by atoms with van der Waals surface area (Å²) in [6, 6.07) is 13.0. The van der Waals surface area contributed by atoms with Crippen molar-refractivity contribution in [2.24, 2.45) is 0 Å². The summed E-state index contributed by atoms with van der Waals surface area (Å²) in [5.74, 6) is 0.378. The van der Waals surface area contributed by atoms with Crippen molar-refractivity contribution in [1.29, 1.82) is 0 Å². The zero-order valence-electron chi connectivity index (χ0n) is 11.1. The van der Waals surface area contributed by atoms with E-state index in [0.717, 1.165) is 15.1 Å². The quantitative estimate of drug-likeness (QED) is 0.828. The minimum absolute atomic E-state index is 0.193. The number of thioether (sulfide) groups is 1. The molecule has 0 aromatic heterocycles. The fraction of sp³-hybridized carbons (Fsp3) is 0.133. The highest BCUT2D eigenvalue weighted by Gasteiger charge is 2.14. The van der Waals surface area contributed by atoms with Crippen LogP contribution in [0, 0.1) is 0 Å². The molecule has 2 aromatic carbocycles. The molecule has 0 saturated heterocycles. The van der Waals surface area contributed by atoms with E-state index in [4.69, 9.17) is 4.74 Å².